The van der Waals surface area contributed by atoms with Crippen LogP contribution in [0.5, 0.6) is 0 Å². The minimum absolute atomic E-state index is 0.752. The fourth-order valence-corrected chi connectivity index (χ4v) is 2.71. The molecule has 1 aliphatic heterocycles. The highest BCUT2D eigenvalue weighted by atomic mass is 15.2. The van der Waals surface area contributed by atoms with E-state index >= 15 is 0 Å². The van der Waals surface area contributed by atoms with Crippen LogP contribution in [0.25, 0.3) is 0 Å². The first-order chi connectivity index (χ1) is 8.13. The maximum atomic E-state index is 3.65. The molecule has 1 rings (SSSR count). The first-order valence-corrected chi connectivity index (χ1v) is 7.61. The Balaban J connectivity index is 2.14. The van der Waals surface area contributed by atoms with Crippen molar-refractivity contribution in [1.82, 2.24) is 10.2 Å². The van der Waals surface area contributed by atoms with Crippen LogP contribution in [0.4, 0.5) is 0 Å². The van der Waals surface area contributed by atoms with Crippen molar-refractivity contribution < 1.29 is 0 Å². The highest BCUT2D eigenvalue weighted by Crippen LogP contribution is 2.17. The molecule has 102 valence electrons. The molecule has 0 amide bonds. The Bertz CT molecular complexity index is 191. The fourth-order valence-electron chi connectivity index (χ4n) is 2.71. The quantitative estimate of drug-likeness (QED) is 0.700. The zero-order chi connectivity index (χ0) is 12.7. The van der Waals surface area contributed by atoms with Gasteiger partial charge in [-0.05, 0) is 38.6 Å². The lowest BCUT2D eigenvalue weighted by atomic mass is 10.0. The van der Waals surface area contributed by atoms with E-state index in [1.165, 1.54) is 51.7 Å². The highest BCUT2D eigenvalue weighted by molar-refractivity contribution is 4.83. The van der Waals surface area contributed by atoms with Crippen molar-refractivity contribution in [3.8, 4) is 0 Å². The molecule has 0 bridgehead atoms. The second kappa shape index (κ2) is 8.10. The normalized spacial score (nSPS) is 23.5. The Kier molecular flexibility index (Phi) is 7.14. The molecule has 0 aromatic rings. The zero-order valence-electron chi connectivity index (χ0n) is 12.3. The standard InChI is InChI=1S/C15H32N2/c1-5-10-16-15-9-11-17(12-15)14(4)8-6-7-13(2)3/h13-16H,5-12H2,1-4H3. The van der Waals surface area contributed by atoms with Gasteiger partial charge in [0.15, 0.2) is 0 Å². The maximum absolute atomic E-state index is 3.65. The van der Waals surface area contributed by atoms with Crippen LogP contribution < -0.4 is 5.32 Å². The molecule has 0 aromatic heterocycles. The summed E-state index contributed by atoms with van der Waals surface area (Å²) in [6, 6.07) is 1.53. The second-order valence-electron chi connectivity index (χ2n) is 6.11. The van der Waals surface area contributed by atoms with Crippen molar-refractivity contribution in [3.05, 3.63) is 0 Å². The molecule has 1 aliphatic rings. The summed E-state index contributed by atoms with van der Waals surface area (Å²) in [5.41, 5.74) is 0. The van der Waals surface area contributed by atoms with E-state index in [-0.39, 0.29) is 0 Å². The summed E-state index contributed by atoms with van der Waals surface area (Å²) in [4.78, 5) is 2.67. The lowest BCUT2D eigenvalue weighted by molar-refractivity contribution is 0.234. The number of nitrogens with zero attached hydrogens (tertiary/aromatic N) is 1. The van der Waals surface area contributed by atoms with E-state index in [9.17, 15) is 0 Å². The lowest BCUT2D eigenvalue weighted by Crippen LogP contribution is -2.36. The molecule has 0 spiro atoms. The average molecular weight is 240 g/mol. The van der Waals surface area contributed by atoms with Gasteiger partial charge in [-0.25, -0.2) is 0 Å². The van der Waals surface area contributed by atoms with Gasteiger partial charge >= 0.3 is 0 Å². The molecule has 1 N–H and O–H groups in total. The largest absolute Gasteiger partial charge is 0.313 e. The number of hydrogen-bond acceptors (Lipinski definition) is 2. The van der Waals surface area contributed by atoms with Crippen LogP contribution in [0, 0.1) is 5.92 Å². The molecule has 1 saturated heterocycles. The van der Waals surface area contributed by atoms with Gasteiger partial charge in [-0.1, -0.05) is 33.6 Å². The number of likely N-dealkylation sites (tertiary alicyclic amines) is 1. The monoisotopic (exact) mass is 240 g/mol. The van der Waals surface area contributed by atoms with Gasteiger partial charge in [0, 0.05) is 25.2 Å². The van der Waals surface area contributed by atoms with Gasteiger partial charge < -0.3 is 5.32 Å². The Morgan fingerprint density at radius 2 is 2.00 bits per heavy atom. The van der Waals surface area contributed by atoms with Gasteiger partial charge in [0.2, 0.25) is 0 Å². The third-order valence-electron chi connectivity index (χ3n) is 3.93. The van der Waals surface area contributed by atoms with Crippen LogP contribution in [0.3, 0.4) is 0 Å². The predicted octanol–water partition coefficient (Wildman–Crippen LogP) is 3.28. The van der Waals surface area contributed by atoms with Crippen LogP contribution in [-0.4, -0.2) is 36.6 Å². The molecule has 17 heavy (non-hydrogen) atoms. The Hall–Kier alpha value is -0.0800. The van der Waals surface area contributed by atoms with Crippen LogP contribution in [0.15, 0.2) is 0 Å². The molecule has 2 unspecified atom stereocenters. The Morgan fingerprint density at radius 3 is 2.65 bits per heavy atom. The molecule has 1 heterocycles. The first-order valence-electron chi connectivity index (χ1n) is 7.61. The third-order valence-corrected chi connectivity index (χ3v) is 3.93. The van der Waals surface area contributed by atoms with Crippen molar-refractivity contribution >= 4 is 0 Å². The average Bonchev–Trinajstić information content (AvgIpc) is 2.74. The Labute approximate surface area is 108 Å². The van der Waals surface area contributed by atoms with Crippen molar-refractivity contribution in [1.29, 1.82) is 0 Å². The topological polar surface area (TPSA) is 15.3 Å². The second-order valence-corrected chi connectivity index (χ2v) is 6.11. The van der Waals surface area contributed by atoms with Gasteiger partial charge in [-0.2, -0.15) is 0 Å². The number of hydrogen-bond donors (Lipinski definition) is 1. The van der Waals surface area contributed by atoms with Gasteiger partial charge in [0.05, 0.1) is 0 Å². The van der Waals surface area contributed by atoms with Crippen LogP contribution in [0.2, 0.25) is 0 Å². The van der Waals surface area contributed by atoms with Gasteiger partial charge in [-0.15, -0.1) is 0 Å². The summed E-state index contributed by atoms with van der Waals surface area (Å²) in [7, 11) is 0. The molecule has 2 nitrogen and oxygen atoms in total. The maximum Gasteiger partial charge on any atom is 0.0207 e. The van der Waals surface area contributed by atoms with Crippen LogP contribution in [-0.2, 0) is 0 Å². The van der Waals surface area contributed by atoms with E-state index in [1.54, 1.807) is 0 Å². The summed E-state index contributed by atoms with van der Waals surface area (Å²) >= 11 is 0. The number of nitrogens with one attached hydrogen (secondary N) is 1. The third kappa shape index (κ3) is 5.87. The Morgan fingerprint density at radius 1 is 1.24 bits per heavy atom. The SMILES string of the molecule is CCCNC1CCN(C(C)CCCC(C)C)C1. The first kappa shape index (κ1) is 15.0. The van der Waals surface area contributed by atoms with Gasteiger partial charge in [-0.3, -0.25) is 4.90 Å². The zero-order valence-corrected chi connectivity index (χ0v) is 12.3. The summed E-state index contributed by atoms with van der Waals surface area (Å²) < 4.78 is 0. The van der Waals surface area contributed by atoms with Gasteiger partial charge in [0.25, 0.3) is 0 Å². The molecule has 0 saturated carbocycles. The molecule has 0 aliphatic carbocycles. The van der Waals surface area contributed by atoms with Crippen LogP contribution in [0.1, 0.15) is 59.8 Å². The molecule has 1 fully saturated rings. The van der Waals surface area contributed by atoms with Crippen LogP contribution >= 0.6 is 0 Å². The molecule has 0 radical (unpaired) electrons. The molecule has 0 aromatic carbocycles. The van der Waals surface area contributed by atoms with E-state index in [4.69, 9.17) is 0 Å². The summed E-state index contributed by atoms with van der Waals surface area (Å²) in [6.45, 7) is 13.0. The molecule has 2 heteroatoms. The summed E-state index contributed by atoms with van der Waals surface area (Å²) in [5.74, 6) is 0.861. The van der Waals surface area contributed by atoms with Crippen molar-refractivity contribution in [2.24, 2.45) is 5.92 Å². The highest BCUT2D eigenvalue weighted by Gasteiger charge is 2.24. The predicted molar refractivity (Wildman–Crippen MR) is 76.4 cm³/mol. The van der Waals surface area contributed by atoms with E-state index in [0.717, 1.165) is 18.0 Å². The fraction of sp³-hybridized carbons (Fsp3) is 1.00. The summed E-state index contributed by atoms with van der Waals surface area (Å²) in [6.07, 6.45) is 6.74. The lowest BCUT2D eigenvalue weighted by Gasteiger charge is -2.24. The molecular formula is C15H32N2. The summed E-state index contributed by atoms with van der Waals surface area (Å²) in [5, 5.41) is 3.65. The van der Waals surface area contributed by atoms with E-state index in [2.05, 4.69) is 37.9 Å². The molecular weight excluding hydrogens is 208 g/mol. The molecule has 2 atom stereocenters. The van der Waals surface area contributed by atoms with E-state index in [0.29, 0.717) is 0 Å². The number of rotatable bonds is 8. The van der Waals surface area contributed by atoms with E-state index < -0.39 is 0 Å². The van der Waals surface area contributed by atoms with Crippen molar-refractivity contribution in [2.75, 3.05) is 19.6 Å². The smallest absolute Gasteiger partial charge is 0.0207 e. The van der Waals surface area contributed by atoms with Crippen molar-refractivity contribution in [3.63, 3.8) is 0 Å². The minimum atomic E-state index is 0.752. The van der Waals surface area contributed by atoms with E-state index in [1.807, 2.05) is 0 Å². The minimum Gasteiger partial charge on any atom is -0.313 e. The van der Waals surface area contributed by atoms with Crippen molar-refractivity contribution in [2.45, 2.75) is 71.9 Å². The van der Waals surface area contributed by atoms with Gasteiger partial charge in [0.1, 0.15) is 0 Å².